The number of carbonyl (C=O) groups is 1. The van der Waals surface area contributed by atoms with Gasteiger partial charge in [0.2, 0.25) is 5.78 Å². The topological polar surface area (TPSA) is 68.3 Å². The zero-order valence-electron chi connectivity index (χ0n) is 13.0. The molecule has 2 aromatic rings. The molecule has 0 spiro atoms. The van der Waals surface area contributed by atoms with Crippen LogP contribution < -0.4 is 10.4 Å². The van der Waals surface area contributed by atoms with E-state index in [2.05, 4.69) is 21.7 Å². The molecule has 0 radical (unpaired) electrons. The minimum Gasteiger partial charge on any atom is -0.761 e. The Morgan fingerprint density at radius 2 is 2.17 bits per heavy atom. The van der Waals surface area contributed by atoms with Crippen molar-refractivity contribution in [2.24, 2.45) is 0 Å². The van der Waals surface area contributed by atoms with Gasteiger partial charge in [-0.1, -0.05) is 17.6 Å². The van der Waals surface area contributed by atoms with Crippen LogP contribution in [0.25, 0.3) is 0 Å². The highest BCUT2D eigenvalue weighted by molar-refractivity contribution is 7.12. The number of pyridine rings is 1. The lowest BCUT2D eigenvalue weighted by molar-refractivity contribution is 0.106. The van der Waals surface area contributed by atoms with Gasteiger partial charge in [0.05, 0.1) is 10.6 Å². The number of carbonyl (C=O) groups excluding carboxylic acids is 1. The molecule has 24 heavy (non-hydrogen) atoms. The average molecular weight is 338 g/mol. The number of anilines is 2. The molecule has 0 unspecified atom stereocenters. The number of rotatable bonds is 3. The lowest BCUT2D eigenvalue weighted by atomic mass is 10.0. The third kappa shape index (κ3) is 3.82. The maximum absolute atomic E-state index is 11.8. The van der Waals surface area contributed by atoms with Gasteiger partial charge >= 0.3 is 0 Å². The SMILES string of the molecule is O=C(C#CC=C1CCN(c2ncccc2N[O-])CC1)c1cccs1. The highest BCUT2D eigenvalue weighted by atomic mass is 32.1. The van der Waals surface area contributed by atoms with E-state index in [1.54, 1.807) is 24.4 Å². The third-order valence-electron chi connectivity index (χ3n) is 3.81. The second-order valence-electron chi connectivity index (χ2n) is 5.34. The molecule has 0 aliphatic carbocycles. The summed E-state index contributed by atoms with van der Waals surface area (Å²) in [5.74, 6) is 6.08. The Morgan fingerprint density at radius 3 is 2.88 bits per heavy atom. The molecular formula is C18H16N3O2S-. The average Bonchev–Trinajstić information content (AvgIpc) is 3.17. The van der Waals surface area contributed by atoms with Crippen LogP contribution in [0.15, 0.2) is 47.5 Å². The molecule has 5 nitrogen and oxygen atoms in total. The van der Waals surface area contributed by atoms with Crippen LogP contribution in [-0.4, -0.2) is 23.9 Å². The van der Waals surface area contributed by atoms with Crippen LogP contribution in [0.1, 0.15) is 22.5 Å². The molecule has 122 valence electrons. The number of hydrogen-bond donors (Lipinski definition) is 1. The van der Waals surface area contributed by atoms with Crippen molar-refractivity contribution in [3.8, 4) is 11.8 Å². The number of piperidine rings is 1. The molecule has 0 amide bonds. The number of hydrogen-bond acceptors (Lipinski definition) is 6. The van der Waals surface area contributed by atoms with Crippen LogP contribution in [0.5, 0.6) is 0 Å². The van der Waals surface area contributed by atoms with Gasteiger partial charge < -0.3 is 15.6 Å². The molecule has 1 saturated heterocycles. The minimum atomic E-state index is -0.140. The normalized spacial score (nSPS) is 13.9. The van der Waals surface area contributed by atoms with E-state index in [4.69, 9.17) is 0 Å². The van der Waals surface area contributed by atoms with Crippen LogP contribution >= 0.6 is 11.3 Å². The van der Waals surface area contributed by atoms with Crippen LogP contribution in [0.2, 0.25) is 0 Å². The Bertz CT molecular complexity index is 793. The van der Waals surface area contributed by atoms with Crippen LogP contribution in [0, 0.1) is 17.0 Å². The van der Waals surface area contributed by atoms with Gasteiger partial charge in [0.15, 0.2) is 5.82 Å². The summed E-state index contributed by atoms with van der Waals surface area (Å²) in [6.45, 7) is 1.55. The van der Waals surface area contributed by atoms with E-state index in [0.717, 1.165) is 25.9 Å². The van der Waals surface area contributed by atoms with Crippen molar-refractivity contribution in [3.05, 3.63) is 57.6 Å². The fourth-order valence-electron chi connectivity index (χ4n) is 2.55. The van der Waals surface area contributed by atoms with Gasteiger partial charge in [-0.15, -0.1) is 11.3 Å². The number of thiophene rings is 1. The Morgan fingerprint density at radius 1 is 1.33 bits per heavy atom. The van der Waals surface area contributed by atoms with E-state index in [9.17, 15) is 10.0 Å². The number of allylic oxidation sites excluding steroid dienone is 1. The second-order valence-corrected chi connectivity index (χ2v) is 6.29. The first-order chi connectivity index (χ1) is 11.8. The van der Waals surface area contributed by atoms with Crippen molar-refractivity contribution in [1.82, 2.24) is 4.98 Å². The molecule has 3 rings (SSSR count). The first-order valence-electron chi connectivity index (χ1n) is 7.63. The molecule has 0 aromatic carbocycles. The van der Waals surface area contributed by atoms with E-state index >= 15 is 0 Å². The fraction of sp³-hybridized carbons (Fsp3) is 0.222. The predicted octanol–water partition coefficient (Wildman–Crippen LogP) is 3.47. The van der Waals surface area contributed by atoms with E-state index in [-0.39, 0.29) is 5.78 Å². The van der Waals surface area contributed by atoms with E-state index in [1.165, 1.54) is 16.9 Å². The van der Waals surface area contributed by atoms with Crippen molar-refractivity contribution < 1.29 is 4.79 Å². The molecule has 0 saturated carbocycles. The summed E-state index contributed by atoms with van der Waals surface area (Å²) in [6.07, 6.45) is 5.21. The van der Waals surface area contributed by atoms with Crippen molar-refractivity contribution in [2.45, 2.75) is 12.8 Å². The molecule has 1 aliphatic heterocycles. The summed E-state index contributed by atoms with van der Waals surface area (Å²) in [5.41, 5.74) is 3.64. The highest BCUT2D eigenvalue weighted by Gasteiger charge is 2.16. The summed E-state index contributed by atoms with van der Waals surface area (Å²) in [7, 11) is 0. The molecule has 1 aliphatic rings. The standard InChI is InChI=1S/C18H16N3O2S/c22-16(17-7-3-13-24-17)6-1-4-14-8-11-21(12-9-14)18-15(20-23)5-2-10-19-18/h2-5,7,10,13,20H,8-9,11-12H2/q-1. The van der Waals surface area contributed by atoms with Crippen molar-refractivity contribution in [3.63, 3.8) is 0 Å². The highest BCUT2D eigenvalue weighted by Crippen LogP contribution is 2.26. The molecule has 2 aromatic heterocycles. The lowest BCUT2D eigenvalue weighted by Gasteiger charge is -2.31. The van der Waals surface area contributed by atoms with Crippen LogP contribution in [0.3, 0.4) is 0 Å². The number of nitrogens with one attached hydrogen (secondary N) is 1. The van der Waals surface area contributed by atoms with E-state index < -0.39 is 0 Å². The number of nitrogens with zero attached hydrogens (tertiary/aromatic N) is 2. The number of Topliss-reactive ketones (excluding diaryl/α,β-unsaturated/α-hetero) is 1. The molecule has 1 fully saturated rings. The summed E-state index contributed by atoms with van der Waals surface area (Å²) >= 11 is 1.40. The van der Waals surface area contributed by atoms with Crippen LogP contribution in [-0.2, 0) is 0 Å². The Balaban J connectivity index is 1.60. The smallest absolute Gasteiger partial charge is 0.246 e. The van der Waals surface area contributed by atoms with E-state index in [0.29, 0.717) is 16.4 Å². The molecule has 0 atom stereocenters. The maximum atomic E-state index is 11.8. The third-order valence-corrected chi connectivity index (χ3v) is 4.68. The number of aromatic nitrogens is 1. The largest absolute Gasteiger partial charge is 0.761 e. The Hall–Kier alpha value is -2.62. The minimum absolute atomic E-state index is 0.140. The summed E-state index contributed by atoms with van der Waals surface area (Å²) in [6, 6.07) is 7.08. The number of ketones is 1. The van der Waals surface area contributed by atoms with Gasteiger partial charge in [-0.25, -0.2) is 4.98 Å². The zero-order valence-corrected chi connectivity index (χ0v) is 13.8. The van der Waals surface area contributed by atoms with Gasteiger partial charge in [0.25, 0.3) is 0 Å². The molecular weight excluding hydrogens is 322 g/mol. The van der Waals surface area contributed by atoms with Gasteiger partial charge in [-0.2, -0.15) is 0 Å². The molecule has 0 bridgehead atoms. The Labute approximate surface area is 144 Å². The van der Waals surface area contributed by atoms with Gasteiger partial charge in [-0.05, 0) is 48.4 Å². The Kier molecular flexibility index (Phi) is 5.26. The first kappa shape index (κ1) is 16.2. The van der Waals surface area contributed by atoms with Gasteiger partial charge in [0, 0.05) is 19.3 Å². The van der Waals surface area contributed by atoms with Crippen molar-refractivity contribution >= 4 is 28.6 Å². The van der Waals surface area contributed by atoms with E-state index in [1.807, 2.05) is 23.0 Å². The van der Waals surface area contributed by atoms with Crippen molar-refractivity contribution in [2.75, 3.05) is 23.5 Å². The fourth-order valence-corrected chi connectivity index (χ4v) is 3.17. The predicted molar refractivity (Wildman–Crippen MR) is 97.2 cm³/mol. The summed E-state index contributed by atoms with van der Waals surface area (Å²) in [5, 5.41) is 12.9. The first-order valence-corrected chi connectivity index (χ1v) is 8.51. The van der Waals surface area contributed by atoms with Gasteiger partial charge in [-0.3, -0.25) is 4.79 Å². The molecule has 1 N–H and O–H groups in total. The zero-order chi connectivity index (χ0) is 16.8. The second kappa shape index (κ2) is 7.77. The monoisotopic (exact) mass is 338 g/mol. The van der Waals surface area contributed by atoms with Crippen molar-refractivity contribution in [1.29, 1.82) is 0 Å². The van der Waals surface area contributed by atoms with Gasteiger partial charge in [0.1, 0.15) is 0 Å². The summed E-state index contributed by atoms with van der Waals surface area (Å²) in [4.78, 5) is 18.8. The van der Waals surface area contributed by atoms with Crippen LogP contribution in [0.4, 0.5) is 11.5 Å². The molecule has 6 heteroatoms. The maximum Gasteiger partial charge on any atom is 0.246 e. The quantitative estimate of drug-likeness (QED) is 0.402. The molecule has 3 heterocycles. The lowest BCUT2D eigenvalue weighted by Crippen LogP contribution is -2.31. The summed E-state index contributed by atoms with van der Waals surface area (Å²) < 4.78 is 0.